The van der Waals surface area contributed by atoms with Gasteiger partial charge in [0, 0.05) is 24.2 Å². The molecule has 4 bridgehead atoms. The van der Waals surface area contributed by atoms with Crippen LogP contribution >= 0.6 is 0 Å². The molecule has 2 aromatic carbocycles. The van der Waals surface area contributed by atoms with E-state index in [0.717, 1.165) is 29.5 Å². The standard InChI is InChI=1S/C27H32N4O4S/c1-17(2)12-13-21-16-35-24-15-23(25-18(3)8-6-9-19(25)4)28-27(29-24)30-36(33,34)22-11-7-10-20(14-22)26(32)31(21)5/h6-11,14-15,17,21H,12-13,16H2,1-5H3,(H,28,29,30)/t21-/m1/s1. The first kappa shape index (κ1) is 25.6. The number of fused-ring (bicyclic) bond motifs is 4. The molecule has 0 saturated carbocycles. The Hall–Kier alpha value is -3.46. The number of ether oxygens (including phenoxy) is 1. The molecular formula is C27H32N4O4S. The van der Waals surface area contributed by atoms with Crippen molar-refractivity contribution in [1.82, 2.24) is 14.9 Å². The summed E-state index contributed by atoms with van der Waals surface area (Å²) in [4.78, 5) is 23.8. The van der Waals surface area contributed by atoms with Gasteiger partial charge in [0.25, 0.3) is 15.9 Å². The van der Waals surface area contributed by atoms with Crippen molar-refractivity contribution in [3.05, 3.63) is 65.2 Å². The molecule has 0 saturated heterocycles. The monoisotopic (exact) mass is 508 g/mol. The predicted molar refractivity (Wildman–Crippen MR) is 140 cm³/mol. The van der Waals surface area contributed by atoms with Crippen LogP contribution in [0.5, 0.6) is 5.88 Å². The third kappa shape index (κ3) is 5.51. The molecule has 0 radical (unpaired) electrons. The summed E-state index contributed by atoms with van der Waals surface area (Å²) in [5, 5.41) is 0. The number of rotatable bonds is 4. The highest BCUT2D eigenvalue weighted by molar-refractivity contribution is 7.92. The van der Waals surface area contributed by atoms with E-state index < -0.39 is 10.0 Å². The molecule has 36 heavy (non-hydrogen) atoms. The number of anilines is 1. The normalized spacial score (nSPS) is 17.4. The van der Waals surface area contributed by atoms with Gasteiger partial charge in [-0.3, -0.25) is 4.79 Å². The zero-order valence-electron chi connectivity index (χ0n) is 21.3. The molecule has 9 heteroatoms. The average Bonchev–Trinajstić information content (AvgIpc) is 2.82. The van der Waals surface area contributed by atoms with Gasteiger partial charge >= 0.3 is 0 Å². The van der Waals surface area contributed by atoms with Crippen LogP contribution in [0.3, 0.4) is 0 Å². The van der Waals surface area contributed by atoms with Crippen LogP contribution < -0.4 is 9.46 Å². The summed E-state index contributed by atoms with van der Waals surface area (Å²) in [6.07, 6.45) is 1.64. The summed E-state index contributed by atoms with van der Waals surface area (Å²) in [5.41, 5.74) is 3.73. The molecule has 1 aliphatic heterocycles. The number of likely N-dealkylation sites (N-methyl/N-ethyl adjacent to an activating group) is 1. The largest absolute Gasteiger partial charge is 0.475 e. The number of sulfonamides is 1. The summed E-state index contributed by atoms with van der Waals surface area (Å²) in [7, 11) is -2.33. The second kappa shape index (κ2) is 10.3. The molecule has 1 aromatic heterocycles. The number of aromatic nitrogens is 2. The number of hydrogen-bond acceptors (Lipinski definition) is 6. The zero-order valence-corrected chi connectivity index (χ0v) is 22.1. The van der Waals surface area contributed by atoms with Crippen molar-refractivity contribution in [2.24, 2.45) is 5.92 Å². The number of amides is 1. The van der Waals surface area contributed by atoms with Gasteiger partial charge in [0.2, 0.25) is 11.8 Å². The molecule has 1 N–H and O–H groups in total. The third-order valence-corrected chi connectivity index (χ3v) is 7.75. The summed E-state index contributed by atoms with van der Waals surface area (Å²) < 4.78 is 35.0. The maximum absolute atomic E-state index is 13.3. The van der Waals surface area contributed by atoms with Crippen LogP contribution in [0.1, 0.15) is 48.2 Å². The minimum absolute atomic E-state index is 0.0386. The molecule has 2 heterocycles. The van der Waals surface area contributed by atoms with E-state index in [1.807, 2.05) is 32.0 Å². The first-order valence-corrected chi connectivity index (χ1v) is 13.5. The number of aryl methyl sites for hydroxylation is 2. The lowest BCUT2D eigenvalue weighted by Gasteiger charge is -2.29. The van der Waals surface area contributed by atoms with Crippen molar-refractivity contribution in [3.8, 4) is 17.1 Å². The Morgan fingerprint density at radius 3 is 2.47 bits per heavy atom. The summed E-state index contributed by atoms with van der Waals surface area (Å²) in [6.45, 7) is 8.44. The van der Waals surface area contributed by atoms with Crippen molar-refractivity contribution < 1.29 is 17.9 Å². The Labute approximate surface area is 212 Å². The fraction of sp³-hybridized carbons (Fsp3) is 0.370. The SMILES string of the molecule is Cc1cccc(C)c1-c1cc2nc(n1)NS(=O)(=O)c1cccc(c1)C(=O)N(C)[C@H](CCC(C)C)CO2. The number of carbonyl (C=O) groups is 1. The Balaban J connectivity index is 1.86. The van der Waals surface area contributed by atoms with Crippen molar-refractivity contribution in [1.29, 1.82) is 0 Å². The highest BCUT2D eigenvalue weighted by atomic mass is 32.2. The number of nitrogens with one attached hydrogen (secondary N) is 1. The molecule has 1 atom stereocenters. The predicted octanol–water partition coefficient (Wildman–Crippen LogP) is 4.83. The van der Waals surface area contributed by atoms with E-state index in [1.54, 1.807) is 30.1 Å². The van der Waals surface area contributed by atoms with Gasteiger partial charge in [-0.1, -0.05) is 38.1 Å². The molecular weight excluding hydrogens is 476 g/mol. The summed E-state index contributed by atoms with van der Waals surface area (Å²) in [6, 6.07) is 13.4. The fourth-order valence-electron chi connectivity index (χ4n) is 4.33. The molecule has 190 valence electrons. The lowest BCUT2D eigenvalue weighted by Crippen LogP contribution is -2.41. The second-order valence-corrected chi connectivity index (χ2v) is 11.3. The lowest BCUT2D eigenvalue weighted by atomic mass is 10.00. The molecule has 0 unspecified atom stereocenters. The minimum Gasteiger partial charge on any atom is -0.475 e. The third-order valence-electron chi connectivity index (χ3n) is 6.43. The maximum atomic E-state index is 13.3. The van der Waals surface area contributed by atoms with Gasteiger partial charge in [-0.25, -0.2) is 18.1 Å². The summed E-state index contributed by atoms with van der Waals surface area (Å²) >= 11 is 0. The molecule has 1 aliphatic rings. The van der Waals surface area contributed by atoms with E-state index >= 15 is 0 Å². The van der Waals surface area contributed by atoms with E-state index in [1.165, 1.54) is 12.1 Å². The van der Waals surface area contributed by atoms with Gasteiger partial charge in [0.1, 0.15) is 6.61 Å². The number of hydrogen-bond donors (Lipinski definition) is 1. The van der Waals surface area contributed by atoms with Crippen molar-refractivity contribution in [2.75, 3.05) is 18.4 Å². The average molecular weight is 509 g/mol. The van der Waals surface area contributed by atoms with E-state index in [9.17, 15) is 13.2 Å². The molecule has 0 fully saturated rings. The van der Waals surface area contributed by atoms with Crippen molar-refractivity contribution in [2.45, 2.75) is 51.5 Å². The van der Waals surface area contributed by atoms with Gasteiger partial charge in [-0.05, 0) is 61.9 Å². The Morgan fingerprint density at radius 2 is 1.78 bits per heavy atom. The smallest absolute Gasteiger partial charge is 0.264 e. The Bertz CT molecular complexity index is 1370. The molecule has 4 rings (SSSR count). The van der Waals surface area contributed by atoms with Gasteiger partial charge < -0.3 is 9.64 Å². The van der Waals surface area contributed by atoms with Crippen LogP contribution in [0.25, 0.3) is 11.3 Å². The van der Waals surface area contributed by atoms with Gasteiger partial charge in [0.05, 0.1) is 16.6 Å². The minimum atomic E-state index is -4.06. The fourth-order valence-corrected chi connectivity index (χ4v) is 5.32. The molecule has 8 nitrogen and oxygen atoms in total. The van der Waals surface area contributed by atoms with Crippen LogP contribution in [0.4, 0.5) is 5.95 Å². The van der Waals surface area contributed by atoms with Crippen LogP contribution in [-0.4, -0.2) is 48.9 Å². The highest BCUT2D eigenvalue weighted by Crippen LogP contribution is 2.30. The zero-order chi connectivity index (χ0) is 26.0. The Morgan fingerprint density at radius 1 is 1.08 bits per heavy atom. The quantitative estimate of drug-likeness (QED) is 0.542. The van der Waals surface area contributed by atoms with Crippen molar-refractivity contribution >= 4 is 21.9 Å². The van der Waals surface area contributed by atoms with Crippen LogP contribution in [0, 0.1) is 19.8 Å². The van der Waals surface area contributed by atoms with Gasteiger partial charge in [-0.15, -0.1) is 0 Å². The molecule has 0 spiro atoms. The summed E-state index contributed by atoms with van der Waals surface area (Å²) in [5.74, 6) is 0.338. The van der Waals surface area contributed by atoms with E-state index in [0.29, 0.717) is 11.6 Å². The topological polar surface area (TPSA) is 101 Å². The lowest BCUT2D eigenvalue weighted by molar-refractivity contribution is 0.0655. The second-order valence-electron chi connectivity index (χ2n) is 9.67. The molecule has 0 aliphatic carbocycles. The first-order chi connectivity index (χ1) is 17.0. The maximum Gasteiger partial charge on any atom is 0.264 e. The van der Waals surface area contributed by atoms with E-state index in [4.69, 9.17) is 4.74 Å². The molecule has 3 aromatic rings. The number of benzene rings is 2. The van der Waals surface area contributed by atoms with Crippen LogP contribution in [0.15, 0.2) is 53.4 Å². The van der Waals surface area contributed by atoms with Crippen LogP contribution in [-0.2, 0) is 10.0 Å². The van der Waals surface area contributed by atoms with Gasteiger partial charge in [-0.2, -0.15) is 4.98 Å². The number of nitrogens with zero attached hydrogens (tertiary/aromatic N) is 3. The first-order valence-electron chi connectivity index (χ1n) is 12.0. The van der Waals surface area contributed by atoms with Crippen molar-refractivity contribution in [3.63, 3.8) is 0 Å². The highest BCUT2D eigenvalue weighted by Gasteiger charge is 2.26. The van der Waals surface area contributed by atoms with E-state index in [-0.39, 0.29) is 40.8 Å². The number of carbonyl (C=O) groups excluding carboxylic acids is 1. The van der Waals surface area contributed by atoms with Gasteiger partial charge in [0.15, 0.2) is 0 Å². The Kier molecular flexibility index (Phi) is 7.31. The van der Waals surface area contributed by atoms with E-state index in [2.05, 4.69) is 28.5 Å². The molecule has 1 amide bonds. The van der Waals surface area contributed by atoms with Crippen LogP contribution in [0.2, 0.25) is 0 Å².